The second-order valence-corrected chi connectivity index (χ2v) is 6.62. The van der Waals surface area contributed by atoms with Crippen LogP contribution in [0.4, 0.5) is 0 Å². The molecule has 0 saturated carbocycles. The summed E-state index contributed by atoms with van der Waals surface area (Å²) in [6, 6.07) is 14.8. The lowest BCUT2D eigenvalue weighted by Gasteiger charge is -2.26. The zero-order valence-electron chi connectivity index (χ0n) is 15.8. The van der Waals surface area contributed by atoms with Gasteiger partial charge in [0.1, 0.15) is 29.3 Å². The van der Waals surface area contributed by atoms with Crippen LogP contribution in [0.3, 0.4) is 0 Å². The van der Waals surface area contributed by atoms with E-state index in [0.717, 1.165) is 49.5 Å². The maximum Gasteiger partial charge on any atom is 0.347 e. The Morgan fingerprint density at radius 2 is 1.79 bits per heavy atom. The van der Waals surface area contributed by atoms with E-state index >= 15 is 0 Å². The molecule has 3 aromatic rings. The zero-order valence-corrected chi connectivity index (χ0v) is 15.8. The van der Waals surface area contributed by atoms with Gasteiger partial charge >= 0.3 is 5.63 Å². The summed E-state index contributed by atoms with van der Waals surface area (Å²) in [4.78, 5) is 15.1. The molecule has 0 aliphatic carbocycles. The quantitative estimate of drug-likeness (QED) is 0.611. The van der Waals surface area contributed by atoms with E-state index in [1.807, 2.05) is 42.5 Å². The fourth-order valence-electron chi connectivity index (χ4n) is 3.38. The van der Waals surface area contributed by atoms with Gasteiger partial charge in [0.05, 0.1) is 25.7 Å². The van der Waals surface area contributed by atoms with Crippen molar-refractivity contribution in [3.8, 4) is 22.6 Å². The number of hydrogen-bond acceptors (Lipinski definition) is 6. The van der Waals surface area contributed by atoms with E-state index in [0.29, 0.717) is 23.5 Å². The third-order valence-corrected chi connectivity index (χ3v) is 4.90. The fraction of sp³-hybridized carbons (Fsp3) is 0.318. The molecule has 2 heterocycles. The largest absolute Gasteiger partial charge is 0.497 e. The van der Waals surface area contributed by atoms with Gasteiger partial charge in [0.25, 0.3) is 0 Å². The van der Waals surface area contributed by atoms with Gasteiger partial charge in [-0.1, -0.05) is 24.3 Å². The third kappa shape index (κ3) is 3.88. The van der Waals surface area contributed by atoms with Gasteiger partial charge in [0.15, 0.2) is 0 Å². The van der Waals surface area contributed by atoms with Crippen molar-refractivity contribution in [3.63, 3.8) is 0 Å². The molecular weight excluding hydrogens is 358 g/mol. The van der Waals surface area contributed by atoms with Crippen molar-refractivity contribution in [2.24, 2.45) is 0 Å². The summed E-state index contributed by atoms with van der Waals surface area (Å²) in [5, 5.41) is 0.787. The van der Waals surface area contributed by atoms with Crippen LogP contribution in [0.5, 0.6) is 11.5 Å². The number of ether oxygens (including phenoxy) is 3. The topological polar surface area (TPSA) is 61.1 Å². The molecule has 1 aromatic heterocycles. The van der Waals surface area contributed by atoms with Crippen LogP contribution in [0, 0.1) is 0 Å². The normalized spacial score (nSPS) is 14.9. The lowest BCUT2D eigenvalue weighted by molar-refractivity contribution is 0.0323. The molecule has 0 bridgehead atoms. The number of nitrogens with zero attached hydrogens (tertiary/aromatic N) is 1. The first-order valence-corrected chi connectivity index (χ1v) is 9.39. The number of para-hydroxylation sites is 1. The van der Waals surface area contributed by atoms with E-state index in [2.05, 4.69) is 4.90 Å². The predicted octanol–water partition coefficient (Wildman–Crippen LogP) is 3.18. The Labute approximate surface area is 163 Å². The minimum absolute atomic E-state index is 0.412. The van der Waals surface area contributed by atoms with Crippen molar-refractivity contribution in [1.29, 1.82) is 0 Å². The minimum Gasteiger partial charge on any atom is -0.497 e. The minimum atomic E-state index is -0.412. The van der Waals surface area contributed by atoms with E-state index in [1.54, 1.807) is 13.2 Å². The molecule has 0 atom stereocenters. The van der Waals surface area contributed by atoms with Gasteiger partial charge in [-0.05, 0) is 29.8 Å². The molecule has 1 aliphatic heterocycles. The summed E-state index contributed by atoms with van der Waals surface area (Å²) in [7, 11) is 1.61. The molecule has 6 heteroatoms. The van der Waals surface area contributed by atoms with Gasteiger partial charge in [-0.3, -0.25) is 4.90 Å². The summed E-state index contributed by atoms with van der Waals surface area (Å²) >= 11 is 0. The molecule has 0 spiro atoms. The molecule has 1 aliphatic rings. The van der Waals surface area contributed by atoms with E-state index in [1.165, 1.54) is 0 Å². The van der Waals surface area contributed by atoms with Crippen LogP contribution in [0.1, 0.15) is 0 Å². The molecule has 0 unspecified atom stereocenters. The lowest BCUT2D eigenvalue weighted by atomic mass is 10.0. The number of methoxy groups -OCH3 is 1. The third-order valence-electron chi connectivity index (χ3n) is 4.90. The molecule has 0 N–H and O–H groups in total. The highest BCUT2D eigenvalue weighted by molar-refractivity contribution is 5.90. The molecule has 1 saturated heterocycles. The molecule has 4 rings (SSSR count). The highest BCUT2D eigenvalue weighted by atomic mass is 16.5. The van der Waals surface area contributed by atoms with Crippen molar-refractivity contribution in [3.05, 3.63) is 59.0 Å². The smallest absolute Gasteiger partial charge is 0.347 e. The summed E-state index contributed by atoms with van der Waals surface area (Å²) in [5.41, 5.74) is 1.28. The Morgan fingerprint density at radius 1 is 1.04 bits per heavy atom. The highest BCUT2D eigenvalue weighted by Crippen LogP contribution is 2.34. The number of morpholine rings is 1. The Hall–Kier alpha value is -2.83. The first kappa shape index (κ1) is 18.5. The van der Waals surface area contributed by atoms with E-state index in [4.69, 9.17) is 18.6 Å². The fourth-order valence-corrected chi connectivity index (χ4v) is 3.38. The van der Waals surface area contributed by atoms with Gasteiger partial charge in [-0.15, -0.1) is 0 Å². The van der Waals surface area contributed by atoms with Gasteiger partial charge in [-0.25, -0.2) is 4.79 Å². The molecule has 6 nitrogen and oxygen atoms in total. The lowest BCUT2D eigenvalue weighted by Crippen LogP contribution is -2.38. The second-order valence-electron chi connectivity index (χ2n) is 6.62. The summed E-state index contributed by atoms with van der Waals surface area (Å²) in [6.07, 6.45) is 0. The number of rotatable bonds is 6. The summed E-state index contributed by atoms with van der Waals surface area (Å²) in [5.74, 6) is 1.29. The van der Waals surface area contributed by atoms with E-state index in [9.17, 15) is 4.79 Å². The van der Waals surface area contributed by atoms with Crippen molar-refractivity contribution in [1.82, 2.24) is 4.90 Å². The Bertz CT molecular complexity index is 990. The SMILES string of the molecule is COc1ccc(-c2c(OCCN3CCOCC3)c3ccccc3oc2=O)cc1. The average Bonchev–Trinajstić information content (AvgIpc) is 2.74. The van der Waals surface area contributed by atoms with Crippen LogP contribution in [-0.2, 0) is 4.74 Å². The van der Waals surface area contributed by atoms with Crippen LogP contribution in [0.2, 0.25) is 0 Å². The molecule has 2 aromatic carbocycles. The number of benzene rings is 2. The highest BCUT2D eigenvalue weighted by Gasteiger charge is 2.19. The molecule has 0 amide bonds. The van der Waals surface area contributed by atoms with E-state index < -0.39 is 5.63 Å². The van der Waals surface area contributed by atoms with E-state index in [-0.39, 0.29) is 0 Å². The maximum absolute atomic E-state index is 12.8. The van der Waals surface area contributed by atoms with Crippen LogP contribution >= 0.6 is 0 Å². The van der Waals surface area contributed by atoms with Crippen molar-refractivity contribution in [2.75, 3.05) is 46.6 Å². The van der Waals surface area contributed by atoms with Gasteiger partial charge in [-0.2, -0.15) is 0 Å². The maximum atomic E-state index is 12.8. The predicted molar refractivity (Wildman–Crippen MR) is 107 cm³/mol. The Kier molecular flexibility index (Phi) is 5.60. The Balaban J connectivity index is 1.69. The first-order chi connectivity index (χ1) is 13.8. The summed E-state index contributed by atoms with van der Waals surface area (Å²) in [6.45, 7) is 4.54. The van der Waals surface area contributed by atoms with Gasteiger partial charge < -0.3 is 18.6 Å². The van der Waals surface area contributed by atoms with Crippen LogP contribution < -0.4 is 15.1 Å². The van der Waals surface area contributed by atoms with Gasteiger partial charge in [0.2, 0.25) is 0 Å². The monoisotopic (exact) mass is 381 g/mol. The van der Waals surface area contributed by atoms with Crippen LogP contribution in [0.15, 0.2) is 57.7 Å². The average molecular weight is 381 g/mol. The molecule has 0 radical (unpaired) electrons. The van der Waals surface area contributed by atoms with Crippen molar-refractivity contribution >= 4 is 11.0 Å². The van der Waals surface area contributed by atoms with Crippen molar-refractivity contribution in [2.45, 2.75) is 0 Å². The number of hydrogen-bond donors (Lipinski definition) is 0. The molecule has 28 heavy (non-hydrogen) atoms. The first-order valence-electron chi connectivity index (χ1n) is 9.39. The van der Waals surface area contributed by atoms with Crippen LogP contribution in [0.25, 0.3) is 22.1 Å². The second kappa shape index (κ2) is 8.46. The Morgan fingerprint density at radius 3 is 2.54 bits per heavy atom. The molecule has 146 valence electrons. The molecule has 1 fully saturated rings. The zero-order chi connectivity index (χ0) is 19.3. The molecular formula is C22H23NO5. The van der Waals surface area contributed by atoms with Crippen molar-refractivity contribution < 1.29 is 18.6 Å². The summed E-state index contributed by atoms with van der Waals surface area (Å²) < 4.78 is 22.3. The van der Waals surface area contributed by atoms with Gasteiger partial charge in [0, 0.05) is 19.6 Å². The standard InChI is InChI=1S/C22H23NO5/c1-25-17-8-6-16(7-9-17)20-21(27-15-12-23-10-13-26-14-11-23)18-4-2-3-5-19(18)28-22(20)24/h2-9H,10-15H2,1H3. The number of fused-ring (bicyclic) bond motifs is 1. The van der Waals surface area contributed by atoms with Crippen LogP contribution in [-0.4, -0.2) is 51.5 Å².